The predicted octanol–water partition coefficient (Wildman–Crippen LogP) is 5.00. The molecule has 4 heteroatoms. The third-order valence-electron chi connectivity index (χ3n) is 5.94. The normalized spacial score (nSPS) is 11.9. The molecule has 0 aliphatic carbocycles. The summed E-state index contributed by atoms with van der Waals surface area (Å²) in [6.45, 7) is 8.17. The fraction of sp³-hybridized carbons (Fsp3) is 0.308. The number of benzene rings is 3. The van der Waals surface area contributed by atoms with Crippen LogP contribution in [0.25, 0.3) is 0 Å². The molecule has 0 unspecified atom stereocenters. The van der Waals surface area contributed by atoms with E-state index in [1.807, 2.05) is 48.5 Å². The molecule has 0 saturated heterocycles. The summed E-state index contributed by atoms with van der Waals surface area (Å²) in [7, 11) is 0. The molecule has 0 heterocycles. The zero-order valence-corrected chi connectivity index (χ0v) is 18.1. The molecule has 0 saturated carbocycles. The van der Waals surface area contributed by atoms with Gasteiger partial charge >= 0.3 is 0 Å². The summed E-state index contributed by atoms with van der Waals surface area (Å²) in [5, 5.41) is 17.8. The minimum atomic E-state index is -0.322. The van der Waals surface area contributed by atoms with Gasteiger partial charge in [0.1, 0.15) is 11.5 Å². The maximum absolute atomic E-state index is 8.90. The number of aliphatic hydroxyl groups is 2. The summed E-state index contributed by atoms with van der Waals surface area (Å²) in [6.07, 6.45) is 0. The molecule has 4 nitrogen and oxygen atoms in total. The van der Waals surface area contributed by atoms with Crippen LogP contribution in [0.1, 0.15) is 49.9 Å². The van der Waals surface area contributed by atoms with Crippen molar-refractivity contribution in [1.29, 1.82) is 0 Å². The van der Waals surface area contributed by atoms with E-state index in [1.165, 1.54) is 22.3 Å². The summed E-state index contributed by atoms with van der Waals surface area (Å²) in [5.74, 6) is 1.31. The lowest BCUT2D eigenvalue weighted by Gasteiger charge is -2.29. The van der Waals surface area contributed by atoms with Gasteiger partial charge in [-0.3, -0.25) is 0 Å². The molecule has 3 aromatic rings. The first kappa shape index (κ1) is 21.9. The van der Waals surface area contributed by atoms with Crippen molar-refractivity contribution >= 4 is 0 Å². The summed E-state index contributed by atoms with van der Waals surface area (Å²) in [4.78, 5) is 0. The van der Waals surface area contributed by atoms with Crippen LogP contribution in [-0.2, 0) is 10.8 Å². The first-order chi connectivity index (χ1) is 14.3. The second-order valence-corrected chi connectivity index (χ2v) is 8.42. The number of hydrogen-bond donors (Lipinski definition) is 2. The van der Waals surface area contributed by atoms with E-state index in [0.29, 0.717) is 11.5 Å². The van der Waals surface area contributed by atoms with Crippen LogP contribution < -0.4 is 9.47 Å². The van der Waals surface area contributed by atoms with Crippen molar-refractivity contribution in [3.63, 3.8) is 0 Å². The van der Waals surface area contributed by atoms with Gasteiger partial charge in [-0.2, -0.15) is 0 Å². The monoisotopic (exact) mass is 406 g/mol. The largest absolute Gasteiger partial charge is 0.468 e. The van der Waals surface area contributed by atoms with E-state index in [-0.39, 0.29) is 24.4 Å². The minimum absolute atomic E-state index is 0.163. The Hall–Kier alpha value is -2.82. The molecule has 0 aliphatic heterocycles. The summed E-state index contributed by atoms with van der Waals surface area (Å²) in [5.41, 5.74) is 4.49. The highest BCUT2D eigenvalue weighted by Crippen LogP contribution is 2.36. The van der Waals surface area contributed by atoms with Crippen molar-refractivity contribution in [2.24, 2.45) is 0 Å². The molecule has 30 heavy (non-hydrogen) atoms. The molecule has 0 fully saturated rings. The third kappa shape index (κ3) is 4.50. The molecule has 0 aliphatic rings. The Morgan fingerprint density at radius 3 is 0.967 bits per heavy atom. The van der Waals surface area contributed by atoms with Gasteiger partial charge in [0, 0.05) is 10.8 Å². The topological polar surface area (TPSA) is 58.9 Å². The fourth-order valence-corrected chi connectivity index (χ4v) is 3.72. The minimum Gasteiger partial charge on any atom is -0.468 e. The molecular weight excluding hydrogens is 376 g/mol. The van der Waals surface area contributed by atoms with Gasteiger partial charge in [-0.05, 0) is 46.5 Å². The second kappa shape index (κ2) is 8.90. The molecule has 0 spiro atoms. The lowest BCUT2D eigenvalue weighted by Crippen LogP contribution is -2.21. The lowest BCUT2D eigenvalue weighted by molar-refractivity contribution is 0.0981. The Morgan fingerprint density at radius 1 is 0.500 bits per heavy atom. The Morgan fingerprint density at radius 2 is 0.733 bits per heavy atom. The molecule has 3 aromatic carbocycles. The van der Waals surface area contributed by atoms with Crippen molar-refractivity contribution in [2.45, 2.75) is 38.5 Å². The number of rotatable bonds is 8. The average Bonchev–Trinajstić information content (AvgIpc) is 2.75. The van der Waals surface area contributed by atoms with E-state index >= 15 is 0 Å². The Balaban J connectivity index is 1.83. The van der Waals surface area contributed by atoms with Gasteiger partial charge in [0.2, 0.25) is 0 Å². The lowest BCUT2D eigenvalue weighted by atomic mass is 9.74. The molecule has 0 bridgehead atoms. The maximum atomic E-state index is 8.90. The van der Waals surface area contributed by atoms with Crippen LogP contribution in [-0.4, -0.2) is 23.8 Å². The van der Waals surface area contributed by atoms with Crippen molar-refractivity contribution in [1.82, 2.24) is 0 Å². The molecule has 158 valence electrons. The van der Waals surface area contributed by atoms with Crippen LogP contribution in [0, 0.1) is 0 Å². The summed E-state index contributed by atoms with van der Waals surface area (Å²) in [6, 6.07) is 24.5. The molecule has 3 rings (SSSR count). The van der Waals surface area contributed by atoms with Gasteiger partial charge in [0.05, 0.1) is 0 Å². The van der Waals surface area contributed by atoms with Crippen LogP contribution in [0.15, 0.2) is 72.8 Å². The van der Waals surface area contributed by atoms with E-state index in [9.17, 15) is 0 Å². The van der Waals surface area contributed by atoms with Gasteiger partial charge in [0.25, 0.3) is 0 Å². The zero-order chi connectivity index (χ0) is 21.8. The SMILES string of the molecule is CC(C)(c1ccc(OCO)cc1)c1ccc(C(C)(C)c2ccc(OCO)cc2)cc1. The van der Waals surface area contributed by atoms with Crippen molar-refractivity contribution in [3.8, 4) is 11.5 Å². The van der Waals surface area contributed by atoms with Crippen LogP contribution >= 0.6 is 0 Å². The van der Waals surface area contributed by atoms with E-state index in [0.717, 1.165) is 0 Å². The first-order valence-electron chi connectivity index (χ1n) is 10.1. The van der Waals surface area contributed by atoms with E-state index in [2.05, 4.69) is 52.0 Å². The fourth-order valence-electron chi connectivity index (χ4n) is 3.72. The average molecular weight is 407 g/mol. The van der Waals surface area contributed by atoms with Gasteiger partial charge in [0.15, 0.2) is 13.6 Å². The maximum Gasteiger partial charge on any atom is 0.186 e. The number of aliphatic hydroxyl groups excluding tert-OH is 2. The molecule has 0 aromatic heterocycles. The third-order valence-corrected chi connectivity index (χ3v) is 5.94. The Labute approximate surface area is 178 Å². The van der Waals surface area contributed by atoms with Crippen molar-refractivity contribution in [2.75, 3.05) is 13.6 Å². The van der Waals surface area contributed by atoms with Crippen LogP contribution in [0.5, 0.6) is 11.5 Å². The molecule has 2 N–H and O–H groups in total. The highest BCUT2D eigenvalue weighted by molar-refractivity contribution is 5.45. The highest BCUT2D eigenvalue weighted by atomic mass is 16.6. The highest BCUT2D eigenvalue weighted by Gasteiger charge is 2.26. The standard InChI is InChI=1S/C26H30O4/c1-25(2,21-9-13-23(14-10-21)29-17-27)19-5-7-20(8-6-19)26(3,4)22-11-15-24(16-12-22)30-18-28/h5-16,27-28H,17-18H2,1-4H3. The van der Waals surface area contributed by atoms with Gasteiger partial charge < -0.3 is 19.7 Å². The van der Waals surface area contributed by atoms with Gasteiger partial charge in [-0.15, -0.1) is 0 Å². The van der Waals surface area contributed by atoms with Gasteiger partial charge in [-0.25, -0.2) is 0 Å². The van der Waals surface area contributed by atoms with Crippen molar-refractivity contribution in [3.05, 3.63) is 95.1 Å². The number of hydrogen-bond acceptors (Lipinski definition) is 4. The molecule has 0 radical (unpaired) electrons. The van der Waals surface area contributed by atoms with Gasteiger partial charge in [-0.1, -0.05) is 76.2 Å². The number of ether oxygens (including phenoxy) is 2. The molecule has 0 atom stereocenters. The Bertz CT molecular complexity index is 859. The smallest absolute Gasteiger partial charge is 0.186 e. The quantitative estimate of drug-likeness (QED) is 0.517. The van der Waals surface area contributed by atoms with Crippen molar-refractivity contribution < 1.29 is 19.7 Å². The zero-order valence-electron chi connectivity index (χ0n) is 18.1. The first-order valence-corrected chi connectivity index (χ1v) is 10.1. The van der Waals surface area contributed by atoms with E-state index < -0.39 is 0 Å². The molecular formula is C26H30O4. The van der Waals surface area contributed by atoms with Crippen LogP contribution in [0.2, 0.25) is 0 Å². The summed E-state index contributed by atoms with van der Waals surface area (Å²) < 4.78 is 10.3. The van der Waals surface area contributed by atoms with Crippen LogP contribution in [0.3, 0.4) is 0 Å². The van der Waals surface area contributed by atoms with E-state index in [1.54, 1.807) is 0 Å². The predicted molar refractivity (Wildman–Crippen MR) is 119 cm³/mol. The second-order valence-electron chi connectivity index (χ2n) is 8.42. The Kier molecular flexibility index (Phi) is 6.49. The summed E-state index contributed by atoms with van der Waals surface area (Å²) >= 11 is 0. The molecule has 0 amide bonds. The van der Waals surface area contributed by atoms with Crippen LogP contribution in [0.4, 0.5) is 0 Å². The van der Waals surface area contributed by atoms with E-state index in [4.69, 9.17) is 19.7 Å².